The molecule has 2 rings (SSSR count). The molecular formula is C17H23N3O3. The average Bonchev–Trinajstić information content (AvgIpc) is 2.90. The monoisotopic (exact) mass is 317 g/mol. The van der Waals surface area contributed by atoms with E-state index in [1.807, 2.05) is 37.3 Å². The van der Waals surface area contributed by atoms with Gasteiger partial charge in [0.2, 0.25) is 0 Å². The minimum Gasteiger partial charge on any atom is -0.396 e. The number of para-hydroxylation sites is 1. The van der Waals surface area contributed by atoms with Crippen LogP contribution in [0, 0.1) is 6.92 Å². The molecule has 6 nitrogen and oxygen atoms in total. The first-order chi connectivity index (χ1) is 11.0. The number of ether oxygens (including phenoxy) is 1. The Kier molecular flexibility index (Phi) is 5.52. The molecule has 6 heteroatoms. The molecule has 0 spiro atoms. The molecule has 0 aliphatic heterocycles. The van der Waals surface area contributed by atoms with Crippen LogP contribution in [0.2, 0.25) is 0 Å². The highest BCUT2D eigenvalue weighted by molar-refractivity contribution is 5.95. The van der Waals surface area contributed by atoms with Crippen LogP contribution in [0.3, 0.4) is 0 Å². The third-order valence-corrected chi connectivity index (χ3v) is 3.71. The van der Waals surface area contributed by atoms with Crippen LogP contribution in [0.15, 0.2) is 36.5 Å². The SMILES string of the molecule is COCC(C)(CCO)NC(=O)c1cn(-c2ccccc2)nc1C. The third-order valence-electron chi connectivity index (χ3n) is 3.71. The number of nitrogens with zero attached hydrogens (tertiary/aromatic N) is 2. The van der Waals surface area contributed by atoms with Gasteiger partial charge in [-0.05, 0) is 32.4 Å². The number of benzene rings is 1. The number of aliphatic hydroxyl groups is 1. The molecule has 1 aromatic carbocycles. The number of amides is 1. The average molecular weight is 317 g/mol. The summed E-state index contributed by atoms with van der Waals surface area (Å²) in [7, 11) is 1.57. The molecule has 1 heterocycles. The quantitative estimate of drug-likeness (QED) is 0.815. The van der Waals surface area contributed by atoms with Gasteiger partial charge in [-0.2, -0.15) is 5.10 Å². The van der Waals surface area contributed by atoms with Crippen LogP contribution in [0.4, 0.5) is 0 Å². The highest BCUT2D eigenvalue weighted by atomic mass is 16.5. The fourth-order valence-electron chi connectivity index (χ4n) is 2.47. The van der Waals surface area contributed by atoms with Gasteiger partial charge < -0.3 is 15.2 Å². The molecule has 0 saturated carbocycles. The van der Waals surface area contributed by atoms with Gasteiger partial charge in [0.05, 0.1) is 29.1 Å². The second-order valence-corrected chi connectivity index (χ2v) is 5.83. The van der Waals surface area contributed by atoms with Gasteiger partial charge in [0, 0.05) is 19.9 Å². The highest BCUT2D eigenvalue weighted by Crippen LogP contribution is 2.15. The molecule has 2 aromatic rings. The van der Waals surface area contributed by atoms with Gasteiger partial charge in [-0.25, -0.2) is 4.68 Å². The molecule has 1 amide bonds. The van der Waals surface area contributed by atoms with Crippen LogP contribution >= 0.6 is 0 Å². The van der Waals surface area contributed by atoms with Gasteiger partial charge >= 0.3 is 0 Å². The van der Waals surface area contributed by atoms with E-state index in [0.29, 0.717) is 24.3 Å². The zero-order chi connectivity index (χ0) is 16.9. The molecule has 1 atom stereocenters. The predicted octanol–water partition coefficient (Wildman–Crippen LogP) is 1.70. The summed E-state index contributed by atoms with van der Waals surface area (Å²) in [6.07, 6.45) is 2.13. The Morgan fingerprint density at radius 3 is 2.70 bits per heavy atom. The van der Waals surface area contributed by atoms with E-state index in [-0.39, 0.29) is 12.5 Å². The standard InChI is InChI=1S/C17H23N3O3/c1-13-15(11-20(19-13)14-7-5-4-6-8-14)16(22)18-17(2,9-10-21)12-23-3/h4-8,11,21H,9-10,12H2,1-3H3,(H,18,22). The van der Waals surface area contributed by atoms with Crippen molar-refractivity contribution in [2.75, 3.05) is 20.3 Å². The van der Waals surface area contributed by atoms with Crippen molar-refractivity contribution < 1.29 is 14.6 Å². The van der Waals surface area contributed by atoms with Crippen LogP contribution in [-0.4, -0.2) is 46.7 Å². The Bertz CT molecular complexity index is 646. The summed E-state index contributed by atoms with van der Waals surface area (Å²) in [5.74, 6) is -0.224. The van der Waals surface area contributed by atoms with E-state index in [2.05, 4.69) is 10.4 Å². The van der Waals surface area contributed by atoms with Crippen LogP contribution in [0.1, 0.15) is 29.4 Å². The normalized spacial score (nSPS) is 13.6. The summed E-state index contributed by atoms with van der Waals surface area (Å²) in [6.45, 7) is 3.95. The van der Waals surface area contributed by atoms with Crippen molar-refractivity contribution in [2.24, 2.45) is 0 Å². The zero-order valence-corrected chi connectivity index (χ0v) is 13.7. The number of carbonyl (C=O) groups excluding carboxylic acids is 1. The summed E-state index contributed by atoms with van der Waals surface area (Å²) < 4.78 is 6.84. The Hall–Kier alpha value is -2.18. The number of nitrogens with one attached hydrogen (secondary N) is 1. The van der Waals surface area contributed by atoms with Gasteiger partial charge in [0.15, 0.2) is 0 Å². The number of hydrogen-bond donors (Lipinski definition) is 2. The molecule has 0 aliphatic rings. The maximum atomic E-state index is 12.6. The first-order valence-electron chi connectivity index (χ1n) is 7.53. The van der Waals surface area contributed by atoms with E-state index in [9.17, 15) is 9.90 Å². The van der Waals surface area contributed by atoms with E-state index < -0.39 is 5.54 Å². The maximum Gasteiger partial charge on any atom is 0.255 e. The summed E-state index contributed by atoms with van der Waals surface area (Å²) in [6, 6.07) is 9.62. The molecule has 0 fully saturated rings. The molecule has 1 unspecified atom stereocenters. The summed E-state index contributed by atoms with van der Waals surface area (Å²) in [5, 5.41) is 16.5. The van der Waals surface area contributed by atoms with Gasteiger partial charge in [0.1, 0.15) is 0 Å². The van der Waals surface area contributed by atoms with Gasteiger partial charge in [0.25, 0.3) is 5.91 Å². The molecule has 0 saturated heterocycles. The van der Waals surface area contributed by atoms with E-state index >= 15 is 0 Å². The van der Waals surface area contributed by atoms with Crippen molar-refractivity contribution in [1.82, 2.24) is 15.1 Å². The van der Waals surface area contributed by atoms with E-state index in [1.165, 1.54) is 0 Å². The van der Waals surface area contributed by atoms with E-state index in [4.69, 9.17) is 4.74 Å². The third kappa shape index (κ3) is 4.18. The van der Waals surface area contributed by atoms with Crippen LogP contribution in [0.5, 0.6) is 0 Å². The molecule has 124 valence electrons. The second-order valence-electron chi connectivity index (χ2n) is 5.83. The lowest BCUT2D eigenvalue weighted by atomic mass is 9.99. The Labute approximate surface area is 136 Å². The topological polar surface area (TPSA) is 76.4 Å². The van der Waals surface area contributed by atoms with Crippen molar-refractivity contribution in [2.45, 2.75) is 25.8 Å². The number of aliphatic hydroxyl groups excluding tert-OH is 1. The predicted molar refractivity (Wildman–Crippen MR) is 87.8 cm³/mol. The van der Waals surface area contributed by atoms with Gasteiger partial charge in [-0.3, -0.25) is 4.79 Å². The minimum absolute atomic E-state index is 0.0254. The van der Waals surface area contributed by atoms with Gasteiger partial charge in [-0.1, -0.05) is 18.2 Å². The maximum absolute atomic E-state index is 12.6. The van der Waals surface area contributed by atoms with Crippen molar-refractivity contribution >= 4 is 5.91 Å². The molecule has 2 N–H and O–H groups in total. The Morgan fingerprint density at radius 2 is 2.09 bits per heavy atom. The fourth-order valence-corrected chi connectivity index (χ4v) is 2.47. The highest BCUT2D eigenvalue weighted by Gasteiger charge is 2.27. The lowest BCUT2D eigenvalue weighted by Crippen LogP contribution is -2.50. The Morgan fingerprint density at radius 1 is 1.39 bits per heavy atom. The zero-order valence-electron chi connectivity index (χ0n) is 13.7. The molecular weight excluding hydrogens is 294 g/mol. The Balaban J connectivity index is 2.21. The molecule has 0 bridgehead atoms. The molecule has 1 aromatic heterocycles. The molecule has 23 heavy (non-hydrogen) atoms. The smallest absolute Gasteiger partial charge is 0.255 e. The first-order valence-corrected chi connectivity index (χ1v) is 7.53. The summed E-state index contributed by atoms with van der Waals surface area (Å²) >= 11 is 0. The minimum atomic E-state index is -0.623. The van der Waals surface area contributed by atoms with Crippen LogP contribution in [-0.2, 0) is 4.74 Å². The lowest BCUT2D eigenvalue weighted by molar-refractivity contribution is 0.0725. The largest absolute Gasteiger partial charge is 0.396 e. The van der Waals surface area contributed by atoms with Crippen molar-refractivity contribution in [3.63, 3.8) is 0 Å². The molecule has 0 radical (unpaired) electrons. The number of hydrogen-bond acceptors (Lipinski definition) is 4. The number of aryl methyl sites for hydroxylation is 1. The van der Waals surface area contributed by atoms with Crippen molar-refractivity contribution in [3.05, 3.63) is 47.8 Å². The van der Waals surface area contributed by atoms with Crippen LogP contribution in [0.25, 0.3) is 5.69 Å². The van der Waals surface area contributed by atoms with Crippen molar-refractivity contribution in [1.29, 1.82) is 0 Å². The summed E-state index contributed by atoms with van der Waals surface area (Å²) in [5.41, 5.74) is 1.43. The number of rotatable bonds is 7. The first kappa shape index (κ1) is 17.2. The summed E-state index contributed by atoms with van der Waals surface area (Å²) in [4.78, 5) is 12.6. The fraction of sp³-hybridized carbons (Fsp3) is 0.412. The van der Waals surface area contributed by atoms with Crippen LogP contribution < -0.4 is 5.32 Å². The number of carbonyl (C=O) groups is 1. The molecule has 0 aliphatic carbocycles. The number of aromatic nitrogens is 2. The number of methoxy groups -OCH3 is 1. The van der Waals surface area contributed by atoms with Crippen molar-refractivity contribution in [3.8, 4) is 5.69 Å². The van der Waals surface area contributed by atoms with Gasteiger partial charge in [-0.15, -0.1) is 0 Å². The second kappa shape index (κ2) is 7.39. The van der Waals surface area contributed by atoms with E-state index in [0.717, 1.165) is 5.69 Å². The lowest BCUT2D eigenvalue weighted by Gasteiger charge is -2.29. The van der Waals surface area contributed by atoms with E-state index in [1.54, 1.807) is 24.9 Å².